The minimum atomic E-state index is 0.135. The van der Waals surface area contributed by atoms with Crippen molar-refractivity contribution in [3.63, 3.8) is 0 Å². The summed E-state index contributed by atoms with van der Waals surface area (Å²) in [6.45, 7) is 0. The Morgan fingerprint density at radius 2 is 1.88 bits per heavy atom. The number of nitrogens with zero attached hydrogens (tertiary/aromatic N) is 3. The van der Waals surface area contributed by atoms with Gasteiger partial charge in [-0.25, -0.2) is 0 Å². The van der Waals surface area contributed by atoms with E-state index in [0.717, 1.165) is 24.9 Å². The van der Waals surface area contributed by atoms with E-state index >= 15 is 0 Å². The van der Waals surface area contributed by atoms with Gasteiger partial charge in [0.2, 0.25) is 0 Å². The minimum absolute atomic E-state index is 0.135. The van der Waals surface area contributed by atoms with Crippen LogP contribution >= 0.6 is 0 Å². The van der Waals surface area contributed by atoms with Crippen LogP contribution in [-0.2, 0) is 0 Å². The van der Waals surface area contributed by atoms with Gasteiger partial charge in [-0.05, 0) is 43.5 Å². The van der Waals surface area contributed by atoms with E-state index in [9.17, 15) is 0 Å². The Morgan fingerprint density at radius 3 is 2.47 bits per heavy atom. The summed E-state index contributed by atoms with van der Waals surface area (Å²) in [5.74, 6) is 0.135. The highest BCUT2D eigenvalue weighted by molar-refractivity contribution is 5.50. The van der Waals surface area contributed by atoms with Gasteiger partial charge in [-0.3, -0.25) is 0 Å². The molecule has 1 aliphatic carbocycles. The fourth-order valence-electron chi connectivity index (χ4n) is 2.52. The predicted molar refractivity (Wildman–Crippen MR) is 66.3 cm³/mol. The number of benzene rings is 1. The first-order chi connectivity index (χ1) is 8.26. The topological polar surface area (TPSA) is 50.8 Å². The van der Waals surface area contributed by atoms with Crippen molar-refractivity contribution in [2.45, 2.75) is 25.3 Å². The van der Waals surface area contributed by atoms with Crippen molar-refractivity contribution in [2.24, 2.45) is 5.92 Å². The molecule has 3 nitrogen and oxygen atoms in total. The highest BCUT2D eigenvalue weighted by Gasteiger charge is 2.30. The van der Waals surface area contributed by atoms with Gasteiger partial charge in [-0.1, -0.05) is 0 Å². The lowest BCUT2D eigenvalue weighted by Gasteiger charge is -2.28. The van der Waals surface area contributed by atoms with Gasteiger partial charge in [0.05, 0.1) is 23.6 Å². The lowest BCUT2D eigenvalue weighted by Crippen LogP contribution is -2.34. The summed E-state index contributed by atoms with van der Waals surface area (Å²) in [4.78, 5) is 2.17. The fraction of sp³-hybridized carbons (Fsp3) is 0.429. The average molecular weight is 225 g/mol. The first kappa shape index (κ1) is 11.5. The van der Waals surface area contributed by atoms with Crippen LogP contribution in [0.4, 0.5) is 5.69 Å². The first-order valence-corrected chi connectivity index (χ1v) is 5.89. The third kappa shape index (κ3) is 2.24. The van der Waals surface area contributed by atoms with E-state index in [-0.39, 0.29) is 5.92 Å². The molecule has 0 radical (unpaired) electrons. The SMILES string of the molecule is CN(c1ccc(C#N)cc1)C1CCCC1C#N. The van der Waals surface area contributed by atoms with Gasteiger partial charge in [0.1, 0.15) is 0 Å². The molecule has 0 amide bonds. The molecule has 17 heavy (non-hydrogen) atoms. The molecule has 3 heteroatoms. The smallest absolute Gasteiger partial charge is 0.0991 e. The van der Waals surface area contributed by atoms with E-state index in [1.807, 2.05) is 31.3 Å². The number of nitriles is 2. The van der Waals surface area contributed by atoms with Crippen LogP contribution in [0, 0.1) is 28.6 Å². The molecule has 1 aliphatic rings. The molecule has 1 aromatic rings. The van der Waals surface area contributed by atoms with Gasteiger partial charge < -0.3 is 4.90 Å². The number of rotatable bonds is 2. The molecule has 2 atom stereocenters. The minimum Gasteiger partial charge on any atom is -0.370 e. The Kier molecular flexibility index (Phi) is 3.30. The van der Waals surface area contributed by atoms with Gasteiger partial charge in [-0.15, -0.1) is 0 Å². The average Bonchev–Trinajstić information content (AvgIpc) is 2.86. The van der Waals surface area contributed by atoms with Crippen LogP contribution in [0.25, 0.3) is 0 Å². The quantitative estimate of drug-likeness (QED) is 0.777. The summed E-state index contributed by atoms with van der Waals surface area (Å²) in [6.07, 6.45) is 3.21. The second-order valence-electron chi connectivity index (χ2n) is 4.50. The van der Waals surface area contributed by atoms with Crippen molar-refractivity contribution in [3.05, 3.63) is 29.8 Å². The van der Waals surface area contributed by atoms with Crippen LogP contribution in [0.1, 0.15) is 24.8 Å². The normalized spacial score (nSPS) is 22.8. The molecule has 1 saturated carbocycles. The summed E-state index contributed by atoms with van der Waals surface area (Å²) in [7, 11) is 2.03. The molecule has 0 bridgehead atoms. The third-order valence-electron chi connectivity index (χ3n) is 3.55. The standard InChI is InChI=1S/C14H15N3/c1-17(14-4-2-3-12(14)10-16)13-7-5-11(9-15)6-8-13/h5-8,12,14H,2-4H2,1H3. The summed E-state index contributed by atoms with van der Waals surface area (Å²) in [5, 5.41) is 17.8. The van der Waals surface area contributed by atoms with E-state index in [1.54, 1.807) is 0 Å². The molecule has 2 rings (SSSR count). The zero-order valence-corrected chi connectivity index (χ0v) is 9.93. The Bertz CT molecular complexity index is 464. The summed E-state index contributed by atoms with van der Waals surface area (Å²) in [6, 6.07) is 12.4. The number of hydrogen-bond donors (Lipinski definition) is 0. The molecule has 0 saturated heterocycles. The molecule has 0 spiro atoms. The largest absolute Gasteiger partial charge is 0.370 e. The fourth-order valence-corrected chi connectivity index (χ4v) is 2.52. The summed E-state index contributed by atoms with van der Waals surface area (Å²) < 4.78 is 0. The van der Waals surface area contributed by atoms with E-state index < -0.39 is 0 Å². The van der Waals surface area contributed by atoms with E-state index in [4.69, 9.17) is 10.5 Å². The van der Waals surface area contributed by atoms with Crippen molar-refractivity contribution >= 4 is 5.69 Å². The van der Waals surface area contributed by atoms with Crippen molar-refractivity contribution in [1.29, 1.82) is 10.5 Å². The Morgan fingerprint density at radius 1 is 1.18 bits per heavy atom. The highest BCUT2D eigenvalue weighted by Crippen LogP contribution is 2.31. The number of anilines is 1. The zero-order chi connectivity index (χ0) is 12.3. The van der Waals surface area contributed by atoms with Crippen molar-refractivity contribution in [2.75, 3.05) is 11.9 Å². The van der Waals surface area contributed by atoms with Gasteiger partial charge >= 0.3 is 0 Å². The van der Waals surface area contributed by atoms with Crippen LogP contribution in [0.2, 0.25) is 0 Å². The molecule has 1 aromatic carbocycles. The molecular weight excluding hydrogens is 210 g/mol. The molecular formula is C14H15N3. The van der Waals surface area contributed by atoms with E-state index in [0.29, 0.717) is 11.6 Å². The zero-order valence-electron chi connectivity index (χ0n) is 9.93. The maximum Gasteiger partial charge on any atom is 0.0991 e. The molecule has 0 aliphatic heterocycles. The highest BCUT2D eigenvalue weighted by atomic mass is 15.1. The van der Waals surface area contributed by atoms with Gasteiger partial charge in [0, 0.05) is 18.8 Å². The molecule has 0 N–H and O–H groups in total. The van der Waals surface area contributed by atoms with E-state index in [1.165, 1.54) is 0 Å². The second-order valence-corrected chi connectivity index (χ2v) is 4.50. The van der Waals surface area contributed by atoms with Crippen LogP contribution in [0.5, 0.6) is 0 Å². The van der Waals surface area contributed by atoms with Crippen LogP contribution < -0.4 is 4.90 Å². The third-order valence-corrected chi connectivity index (χ3v) is 3.55. The lowest BCUT2D eigenvalue weighted by atomic mass is 10.0. The van der Waals surface area contributed by atoms with Crippen molar-refractivity contribution in [1.82, 2.24) is 0 Å². The van der Waals surface area contributed by atoms with Gasteiger partial charge in [-0.2, -0.15) is 10.5 Å². The molecule has 2 unspecified atom stereocenters. The molecule has 0 aromatic heterocycles. The molecule has 1 fully saturated rings. The predicted octanol–water partition coefficient (Wildman–Crippen LogP) is 2.69. The van der Waals surface area contributed by atoms with Gasteiger partial charge in [0.15, 0.2) is 0 Å². The molecule has 86 valence electrons. The first-order valence-electron chi connectivity index (χ1n) is 5.89. The summed E-state index contributed by atoms with van der Waals surface area (Å²) >= 11 is 0. The lowest BCUT2D eigenvalue weighted by molar-refractivity contribution is 0.562. The van der Waals surface area contributed by atoms with Gasteiger partial charge in [0.25, 0.3) is 0 Å². The van der Waals surface area contributed by atoms with Crippen LogP contribution in [-0.4, -0.2) is 13.1 Å². The monoisotopic (exact) mass is 225 g/mol. The number of hydrogen-bond acceptors (Lipinski definition) is 3. The van der Waals surface area contributed by atoms with Crippen LogP contribution in [0.3, 0.4) is 0 Å². The Balaban J connectivity index is 2.16. The Labute approximate surface area is 102 Å². The van der Waals surface area contributed by atoms with E-state index in [2.05, 4.69) is 17.0 Å². The second kappa shape index (κ2) is 4.89. The maximum atomic E-state index is 9.09. The maximum absolute atomic E-state index is 9.09. The summed E-state index contributed by atoms with van der Waals surface area (Å²) in [5.41, 5.74) is 1.75. The Hall–Kier alpha value is -2.00. The van der Waals surface area contributed by atoms with Crippen molar-refractivity contribution < 1.29 is 0 Å². The van der Waals surface area contributed by atoms with Crippen LogP contribution in [0.15, 0.2) is 24.3 Å². The molecule has 0 heterocycles. The van der Waals surface area contributed by atoms with Crippen molar-refractivity contribution in [3.8, 4) is 12.1 Å².